The number of hydrogen-bond donors (Lipinski definition) is 1. The molecule has 0 aliphatic carbocycles. The third kappa shape index (κ3) is 1.97. The number of rotatable bonds is 2. The van der Waals surface area contributed by atoms with Crippen LogP contribution in [0.3, 0.4) is 0 Å². The maximum atomic E-state index is 11.0. The highest BCUT2D eigenvalue weighted by Gasteiger charge is 1.98. The fourth-order valence-corrected chi connectivity index (χ4v) is 1.15. The molecule has 0 saturated carbocycles. The first-order valence-corrected chi connectivity index (χ1v) is 4.72. The summed E-state index contributed by atoms with van der Waals surface area (Å²) >= 11 is 6.85. The summed E-state index contributed by atoms with van der Waals surface area (Å²) in [5.74, 6) is 0.205. The van der Waals surface area contributed by atoms with Crippen molar-refractivity contribution in [2.45, 2.75) is 11.0 Å². The quantitative estimate of drug-likeness (QED) is 0.434. The summed E-state index contributed by atoms with van der Waals surface area (Å²) in [5.41, 5.74) is 0.351. The highest BCUT2D eigenvalue weighted by atomic mass is 35.5. The maximum Gasteiger partial charge on any atom is 0.255 e. The van der Waals surface area contributed by atoms with E-state index in [2.05, 4.69) is 9.97 Å². The SMILES string of the molecule is CSc1ncc(CCl)c(=O)[nH]1. The predicted molar refractivity (Wildman–Crippen MR) is 46.2 cm³/mol. The normalized spacial score (nSPS) is 10.0. The highest BCUT2D eigenvalue weighted by Crippen LogP contribution is 2.04. The van der Waals surface area contributed by atoms with Crippen molar-refractivity contribution in [1.82, 2.24) is 9.97 Å². The minimum atomic E-state index is -0.153. The molecule has 0 spiro atoms. The van der Waals surface area contributed by atoms with Crippen molar-refractivity contribution in [3.8, 4) is 0 Å². The molecule has 0 saturated heterocycles. The first kappa shape index (κ1) is 8.62. The molecule has 3 nitrogen and oxygen atoms in total. The van der Waals surface area contributed by atoms with E-state index in [0.717, 1.165) is 0 Å². The van der Waals surface area contributed by atoms with Crippen molar-refractivity contribution in [3.63, 3.8) is 0 Å². The van der Waals surface area contributed by atoms with Gasteiger partial charge in [0.05, 0.1) is 11.4 Å². The van der Waals surface area contributed by atoms with Crippen molar-refractivity contribution in [1.29, 1.82) is 0 Å². The topological polar surface area (TPSA) is 45.8 Å². The molecular weight excluding hydrogens is 184 g/mol. The molecule has 0 unspecified atom stereocenters. The molecule has 0 bridgehead atoms. The number of halogens is 1. The number of thioether (sulfide) groups is 1. The van der Waals surface area contributed by atoms with Gasteiger partial charge in [-0.05, 0) is 6.26 Å². The molecule has 1 aromatic heterocycles. The molecule has 5 heteroatoms. The molecule has 1 heterocycles. The molecule has 1 N–H and O–H groups in total. The van der Waals surface area contributed by atoms with Gasteiger partial charge in [0.15, 0.2) is 5.16 Å². The third-order valence-electron chi connectivity index (χ3n) is 1.19. The van der Waals surface area contributed by atoms with E-state index in [-0.39, 0.29) is 11.4 Å². The monoisotopic (exact) mass is 190 g/mol. The Morgan fingerprint density at radius 3 is 3.00 bits per heavy atom. The van der Waals surface area contributed by atoms with E-state index < -0.39 is 0 Å². The van der Waals surface area contributed by atoms with Crippen LogP contribution in [0, 0.1) is 0 Å². The van der Waals surface area contributed by atoms with Crippen LogP contribution in [0.2, 0.25) is 0 Å². The summed E-state index contributed by atoms with van der Waals surface area (Å²) in [4.78, 5) is 17.6. The molecule has 60 valence electrons. The third-order valence-corrected chi connectivity index (χ3v) is 2.07. The van der Waals surface area contributed by atoms with Gasteiger partial charge in [0.25, 0.3) is 5.56 Å². The van der Waals surface area contributed by atoms with Gasteiger partial charge in [0.2, 0.25) is 0 Å². The van der Waals surface area contributed by atoms with Crippen molar-refractivity contribution in [3.05, 3.63) is 22.1 Å². The predicted octanol–water partition coefficient (Wildman–Crippen LogP) is 1.23. The Bertz CT molecular complexity index is 299. The zero-order valence-corrected chi connectivity index (χ0v) is 7.50. The number of nitrogens with zero attached hydrogens (tertiary/aromatic N) is 1. The first-order chi connectivity index (χ1) is 5.27. The lowest BCUT2D eigenvalue weighted by molar-refractivity contribution is 0.915. The van der Waals surface area contributed by atoms with Gasteiger partial charge in [-0.2, -0.15) is 0 Å². The molecule has 0 amide bonds. The average Bonchev–Trinajstić information content (AvgIpc) is 2.04. The van der Waals surface area contributed by atoms with Crippen molar-refractivity contribution in [2.75, 3.05) is 6.26 Å². The van der Waals surface area contributed by atoms with Gasteiger partial charge in [-0.15, -0.1) is 11.6 Å². The molecule has 11 heavy (non-hydrogen) atoms. The first-order valence-electron chi connectivity index (χ1n) is 2.96. The number of alkyl halides is 1. The summed E-state index contributed by atoms with van der Waals surface area (Å²) in [6, 6.07) is 0. The molecule has 0 aromatic carbocycles. The molecule has 0 atom stereocenters. The van der Waals surface area contributed by atoms with E-state index in [9.17, 15) is 4.79 Å². The van der Waals surface area contributed by atoms with Crippen LogP contribution in [0.25, 0.3) is 0 Å². The van der Waals surface area contributed by atoms with E-state index in [1.165, 1.54) is 18.0 Å². The largest absolute Gasteiger partial charge is 0.301 e. The van der Waals surface area contributed by atoms with Crippen molar-refractivity contribution >= 4 is 23.4 Å². The van der Waals surface area contributed by atoms with Crippen LogP contribution in [0.4, 0.5) is 0 Å². The van der Waals surface area contributed by atoms with Gasteiger partial charge in [0, 0.05) is 6.20 Å². The second-order valence-electron chi connectivity index (χ2n) is 1.88. The molecule has 0 aliphatic rings. The Morgan fingerprint density at radius 2 is 2.55 bits per heavy atom. The lowest BCUT2D eigenvalue weighted by atomic mass is 10.4. The summed E-state index contributed by atoms with van der Waals surface area (Å²) in [6.07, 6.45) is 3.34. The maximum absolute atomic E-state index is 11.0. The van der Waals surface area contributed by atoms with Gasteiger partial charge in [-0.25, -0.2) is 4.98 Å². The smallest absolute Gasteiger partial charge is 0.255 e. The van der Waals surface area contributed by atoms with Gasteiger partial charge in [0.1, 0.15) is 0 Å². The Kier molecular flexibility index (Phi) is 2.96. The Hall–Kier alpha value is -0.480. The number of aromatic amines is 1. The van der Waals surface area contributed by atoms with E-state index in [1.807, 2.05) is 6.26 Å². The van der Waals surface area contributed by atoms with Crippen LogP contribution in [-0.4, -0.2) is 16.2 Å². The van der Waals surface area contributed by atoms with Crippen LogP contribution in [-0.2, 0) is 5.88 Å². The summed E-state index contributed by atoms with van der Waals surface area (Å²) in [7, 11) is 0. The molecule has 0 radical (unpaired) electrons. The molecule has 0 aliphatic heterocycles. The Labute approximate surface area is 73.2 Å². The summed E-state index contributed by atoms with van der Waals surface area (Å²) in [6.45, 7) is 0. The zero-order valence-electron chi connectivity index (χ0n) is 5.93. The molecule has 1 rings (SSSR count). The van der Waals surface area contributed by atoms with E-state index in [1.54, 1.807) is 0 Å². The fraction of sp³-hybridized carbons (Fsp3) is 0.333. The van der Waals surface area contributed by atoms with Gasteiger partial charge < -0.3 is 4.98 Å². The average molecular weight is 191 g/mol. The van der Waals surface area contributed by atoms with Crippen molar-refractivity contribution < 1.29 is 0 Å². The number of aromatic nitrogens is 2. The summed E-state index contributed by atoms with van der Waals surface area (Å²) in [5, 5.41) is 0.615. The van der Waals surface area contributed by atoms with Crippen LogP contribution >= 0.6 is 23.4 Å². The van der Waals surface area contributed by atoms with Crippen LogP contribution in [0.15, 0.2) is 16.1 Å². The minimum absolute atomic E-state index is 0.153. The Morgan fingerprint density at radius 1 is 1.82 bits per heavy atom. The summed E-state index contributed by atoms with van der Waals surface area (Å²) < 4.78 is 0. The van der Waals surface area contributed by atoms with Gasteiger partial charge in [-0.1, -0.05) is 11.8 Å². The number of hydrogen-bond acceptors (Lipinski definition) is 3. The molecule has 1 aromatic rings. The molecule has 0 fully saturated rings. The van der Waals surface area contributed by atoms with Crippen LogP contribution in [0.5, 0.6) is 0 Å². The fourth-order valence-electron chi connectivity index (χ4n) is 0.604. The minimum Gasteiger partial charge on any atom is -0.301 e. The number of nitrogens with one attached hydrogen (secondary N) is 1. The lowest BCUT2D eigenvalue weighted by Gasteiger charge is -1.95. The lowest BCUT2D eigenvalue weighted by Crippen LogP contribution is -2.12. The van der Waals surface area contributed by atoms with E-state index >= 15 is 0 Å². The molecular formula is C6H7ClN2OS. The van der Waals surface area contributed by atoms with E-state index in [0.29, 0.717) is 10.7 Å². The second kappa shape index (κ2) is 3.78. The van der Waals surface area contributed by atoms with Crippen LogP contribution < -0.4 is 5.56 Å². The van der Waals surface area contributed by atoms with E-state index in [4.69, 9.17) is 11.6 Å². The Balaban J connectivity index is 3.10. The van der Waals surface area contributed by atoms with Crippen LogP contribution in [0.1, 0.15) is 5.56 Å². The number of H-pyrrole nitrogens is 1. The zero-order chi connectivity index (χ0) is 8.27. The standard InChI is InChI=1S/C6H7ClN2OS/c1-11-6-8-3-4(2-7)5(10)9-6/h3H,2H2,1H3,(H,8,9,10). The second-order valence-corrected chi connectivity index (χ2v) is 2.94. The highest BCUT2D eigenvalue weighted by molar-refractivity contribution is 7.98. The van der Waals surface area contributed by atoms with Gasteiger partial charge in [-0.3, -0.25) is 4.79 Å². The van der Waals surface area contributed by atoms with Gasteiger partial charge >= 0.3 is 0 Å². The van der Waals surface area contributed by atoms with Crippen molar-refractivity contribution in [2.24, 2.45) is 0 Å².